The largest absolute Gasteiger partial charge is 0.345 e. The number of carbonyl (C=O) groups excluding carboxylic acids is 1. The van der Waals surface area contributed by atoms with Crippen LogP contribution >= 0.6 is 0 Å². The molecule has 2 aliphatic rings. The molecule has 2 aromatic rings. The molecule has 30 heavy (non-hydrogen) atoms. The van der Waals surface area contributed by atoms with Crippen molar-refractivity contribution in [3.05, 3.63) is 24.0 Å². The van der Waals surface area contributed by atoms with Gasteiger partial charge in [0.25, 0.3) is 0 Å². The number of H-pyrrole nitrogens is 1. The van der Waals surface area contributed by atoms with Crippen LogP contribution in [-0.2, 0) is 4.79 Å². The molecule has 0 aromatic carbocycles. The highest BCUT2D eigenvalue weighted by molar-refractivity contribution is 5.85. The van der Waals surface area contributed by atoms with Crippen LogP contribution in [0, 0.1) is 5.92 Å². The van der Waals surface area contributed by atoms with Gasteiger partial charge in [0.05, 0.1) is 5.92 Å². The van der Waals surface area contributed by atoms with Crippen LogP contribution in [0.15, 0.2) is 18.3 Å². The Morgan fingerprint density at radius 1 is 1.27 bits per heavy atom. The maximum atomic E-state index is 12.2. The van der Waals surface area contributed by atoms with Gasteiger partial charge in [-0.1, -0.05) is 0 Å². The Hall–Kier alpha value is -2.68. The molecule has 9 heteroatoms. The third-order valence-electron chi connectivity index (χ3n) is 6.33. The van der Waals surface area contributed by atoms with E-state index in [-0.39, 0.29) is 11.8 Å². The zero-order valence-corrected chi connectivity index (χ0v) is 17.8. The Balaban J connectivity index is 1.41. The number of hydrogen-bond donors (Lipinski definition) is 3. The number of aromatic nitrogens is 4. The fraction of sp³-hybridized carbons (Fsp3) is 0.619. The van der Waals surface area contributed by atoms with Crippen LogP contribution in [0.3, 0.4) is 0 Å². The molecule has 0 spiro atoms. The molecule has 9 nitrogen and oxygen atoms in total. The molecule has 0 bridgehead atoms. The van der Waals surface area contributed by atoms with Crippen LogP contribution in [0.1, 0.15) is 50.6 Å². The predicted molar refractivity (Wildman–Crippen MR) is 117 cm³/mol. The number of nitrogens with one attached hydrogen (secondary N) is 2. The van der Waals surface area contributed by atoms with Crippen LogP contribution in [0.25, 0.3) is 0 Å². The highest BCUT2D eigenvalue weighted by atomic mass is 16.2. The minimum atomic E-state index is -0.141. The zero-order valence-electron chi connectivity index (χ0n) is 17.8. The second-order valence-electron chi connectivity index (χ2n) is 8.50. The number of rotatable bonds is 7. The van der Waals surface area contributed by atoms with E-state index in [1.54, 1.807) is 11.1 Å². The third-order valence-corrected chi connectivity index (χ3v) is 6.33. The monoisotopic (exact) mass is 412 g/mol. The Morgan fingerprint density at radius 3 is 2.77 bits per heavy atom. The van der Waals surface area contributed by atoms with Crippen molar-refractivity contribution in [1.29, 1.82) is 0 Å². The summed E-state index contributed by atoms with van der Waals surface area (Å²) in [6.07, 6.45) is 7.12. The SMILES string of the molecule is CCN(CC1CCC(N)CC1)c1nccc(Nc2cc([C@H]3CCN(C)C3=O)[nH]n2)n1. The first-order valence-electron chi connectivity index (χ1n) is 10.9. The Morgan fingerprint density at radius 2 is 2.07 bits per heavy atom. The van der Waals surface area contributed by atoms with E-state index in [0.717, 1.165) is 50.5 Å². The summed E-state index contributed by atoms with van der Waals surface area (Å²) < 4.78 is 0. The van der Waals surface area contributed by atoms with Crippen LogP contribution in [0.5, 0.6) is 0 Å². The first-order chi connectivity index (χ1) is 14.5. The summed E-state index contributed by atoms with van der Waals surface area (Å²) in [6, 6.07) is 4.09. The summed E-state index contributed by atoms with van der Waals surface area (Å²) in [5, 5.41) is 10.6. The molecule has 162 valence electrons. The molecule has 1 aliphatic carbocycles. The van der Waals surface area contributed by atoms with E-state index in [0.29, 0.717) is 23.6 Å². The molecule has 1 saturated heterocycles. The van der Waals surface area contributed by atoms with Gasteiger partial charge in [-0.3, -0.25) is 9.89 Å². The Kier molecular flexibility index (Phi) is 6.17. The minimum absolute atomic E-state index is 0.136. The molecular weight excluding hydrogens is 380 g/mol. The van der Waals surface area contributed by atoms with Crippen molar-refractivity contribution in [3.63, 3.8) is 0 Å². The molecule has 4 rings (SSSR count). The van der Waals surface area contributed by atoms with Crippen LogP contribution in [0.4, 0.5) is 17.6 Å². The average molecular weight is 413 g/mol. The third kappa shape index (κ3) is 4.56. The smallest absolute Gasteiger partial charge is 0.231 e. The zero-order chi connectivity index (χ0) is 21.1. The number of hydrogen-bond acceptors (Lipinski definition) is 7. The van der Waals surface area contributed by atoms with E-state index in [4.69, 9.17) is 10.7 Å². The molecule has 0 radical (unpaired) electrons. The van der Waals surface area contributed by atoms with Gasteiger partial charge < -0.3 is 20.9 Å². The van der Waals surface area contributed by atoms with Gasteiger partial charge in [-0.15, -0.1) is 0 Å². The number of likely N-dealkylation sites (tertiary alicyclic amines) is 1. The summed E-state index contributed by atoms with van der Waals surface area (Å²) in [4.78, 5) is 25.4. The van der Waals surface area contributed by atoms with Gasteiger partial charge >= 0.3 is 0 Å². The number of nitrogens with two attached hydrogens (primary N) is 1. The first kappa shape index (κ1) is 20.6. The van der Waals surface area contributed by atoms with Gasteiger partial charge in [-0.05, 0) is 51.0 Å². The van der Waals surface area contributed by atoms with Crippen molar-refractivity contribution in [1.82, 2.24) is 25.1 Å². The quantitative estimate of drug-likeness (QED) is 0.638. The molecule has 2 aromatic heterocycles. The predicted octanol–water partition coefficient (Wildman–Crippen LogP) is 2.23. The fourth-order valence-electron chi connectivity index (χ4n) is 4.43. The second-order valence-corrected chi connectivity index (χ2v) is 8.50. The summed E-state index contributed by atoms with van der Waals surface area (Å²) in [5.41, 5.74) is 6.88. The van der Waals surface area contributed by atoms with Gasteiger partial charge in [-0.25, -0.2) is 4.98 Å². The van der Waals surface area contributed by atoms with Crippen molar-refractivity contribution in [2.75, 3.05) is 36.9 Å². The number of likely N-dealkylation sites (N-methyl/N-ethyl adjacent to an activating group) is 1. The maximum Gasteiger partial charge on any atom is 0.231 e. The molecule has 1 saturated carbocycles. The molecule has 2 fully saturated rings. The molecule has 1 atom stereocenters. The molecule has 3 heterocycles. The van der Waals surface area contributed by atoms with Crippen LogP contribution < -0.4 is 16.0 Å². The van der Waals surface area contributed by atoms with Gasteiger partial charge in [0, 0.05) is 50.7 Å². The van der Waals surface area contributed by atoms with Gasteiger partial charge in [0.2, 0.25) is 11.9 Å². The van der Waals surface area contributed by atoms with E-state index >= 15 is 0 Å². The second kappa shape index (κ2) is 8.99. The molecule has 1 aliphatic heterocycles. The van der Waals surface area contributed by atoms with Crippen molar-refractivity contribution < 1.29 is 4.79 Å². The van der Waals surface area contributed by atoms with Gasteiger partial charge in [0.1, 0.15) is 5.82 Å². The Bertz CT molecular complexity index is 860. The number of nitrogens with zero attached hydrogens (tertiary/aromatic N) is 5. The van der Waals surface area contributed by atoms with E-state index in [1.807, 2.05) is 19.2 Å². The standard InChI is InChI=1S/C21H32N8O/c1-3-29(13-14-4-6-15(22)7-5-14)21-23-10-8-18(25-21)24-19-12-17(26-27-19)16-9-11-28(2)20(16)30/h8,10,12,14-16H,3-7,9,11,13,22H2,1-2H3,(H2,23,24,25,26,27)/t14?,15?,16-/m1/s1. The molecule has 4 N–H and O–H groups in total. The maximum absolute atomic E-state index is 12.2. The van der Waals surface area contributed by atoms with Crippen molar-refractivity contribution >= 4 is 23.5 Å². The van der Waals surface area contributed by atoms with Crippen LogP contribution in [0.2, 0.25) is 0 Å². The molecule has 0 unspecified atom stereocenters. The van der Waals surface area contributed by atoms with E-state index in [2.05, 4.69) is 32.3 Å². The molecule has 1 amide bonds. The lowest BCUT2D eigenvalue weighted by molar-refractivity contribution is -0.127. The van der Waals surface area contributed by atoms with Gasteiger partial charge in [0.15, 0.2) is 5.82 Å². The average Bonchev–Trinajstić information content (AvgIpc) is 3.34. The fourth-order valence-corrected chi connectivity index (χ4v) is 4.43. The normalized spacial score (nSPS) is 24.3. The lowest BCUT2D eigenvalue weighted by atomic mass is 9.86. The van der Waals surface area contributed by atoms with Gasteiger partial charge in [-0.2, -0.15) is 10.1 Å². The topological polar surface area (TPSA) is 116 Å². The van der Waals surface area contributed by atoms with Crippen molar-refractivity contribution in [3.8, 4) is 0 Å². The summed E-state index contributed by atoms with van der Waals surface area (Å²) in [7, 11) is 1.83. The summed E-state index contributed by atoms with van der Waals surface area (Å²) >= 11 is 0. The Labute approximate surface area is 177 Å². The van der Waals surface area contributed by atoms with Crippen molar-refractivity contribution in [2.24, 2.45) is 11.7 Å². The number of carbonyl (C=O) groups is 1. The minimum Gasteiger partial charge on any atom is -0.345 e. The number of aromatic amines is 1. The van der Waals surface area contributed by atoms with E-state index < -0.39 is 0 Å². The lowest BCUT2D eigenvalue weighted by Gasteiger charge is -2.31. The lowest BCUT2D eigenvalue weighted by Crippen LogP contribution is -2.35. The van der Waals surface area contributed by atoms with E-state index in [1.165, 1.54) is 12.8 Å². The molecular formula is C21H32N8O. The number of anilines is 3. The summed E-state index contributed by atoms with van der Waals surface area (Å²) in [5.74, 6) is 2.70. The first-order valence-corrected chi connectivity index (χ1v) is 10.9. The van der Waals surface area contributed by atoms with Crippen molar-refractivity contribution in [2.45, 2.75) is 51.0 Å². The van der Waals surface area contributed by atoms with E-state index in [9.17, 15) is 4.79 Å². The van der Waals surface area contributed by atoms with Crippen LogP contribution in [-0.4, -0.2) is 63.7 Å². The number of amides is 1. The summed E-state index contributed by atoms with van der Waals surface area (Å²) in [6.45, 7) is 4.72. The highest BCUT2D eigenvalue weighted by Crippen LogP contribution is 2.28. The highest BCUT2D eigenvalue weighted by Gasteiger charge is 2.31.